The van der Waals surface area contributed by atoms with Gasteiger partial charge in [0.05, 0.1) is 0 Å². The highest BCUT2D eigenvalue weighted by molar-refractivity contribution is 5.71. The molecule has 0 saturated carbocycles. The summed E-state index contributed by atoms with van der Waals surface area (Å²) in [4.78, 5) is 51.9. The number of esters is 4. The van der Waals surface area contributed by atoms with Crippen LogP contribution in [0.2, 0.25) is 0 Å². The van der Waals surface area contributed by atoms with E-state index in [9.17, 15) is 19.2 Å². The Kier molecular flexibility index (Phi) is 58.8. The zero-order chi connectivity index (χ0) is 55.4. The van der Waals surface area contributed by atoms with Gasteiger partial charge in [0.1, 0.15) is 31.8 Å². The Hall–Kier alpha value is -2.12. The summed E-state index contributed by atoms with van der Waals surface area (Å²) in [5, 5.41) is 0. The second kappa shape index (κ2) is 60.5. The highest BCUT2D eigenvalue weighted by Crippen LogP contribution is 2.24. The van der Waals surface area contributed by atoms with E-state index in [-0.39, 0.29) is 50.8 Å². The lowest BCUT2D eigenvalue weighted by Crippen LogP contribution is -2.44. The Labute approximate surface area is 472 Å². The van der Waals surface area contributed by atoms with E-state index in [4.69, 9.17) is 18.9 Å². The number of ether oxygens (including phenoxy) is 4. The van der Waals surface area contributed by atoms with E-state index in [1.165, 1.54) is 270 Å². The van der Waals surface area contributed by atoms with Gasteiger partial charge in [-0.2, -0.15) is 0 Å². The van der Waals surface area contributed by atoms with Gasteiger partial charge in [-0.05, 0) is 19.3 Å². The Morgan fingerprint density at radius 2 is 0.355 bits per heavy atom. The highest BCUT2D eigenvalue weighted by Gasteiger charge is 2.38. The third-order valence-electron chi connectivity index (χ3n) is 15.9. The van der Waals surface area contributed by atoms with Gasteiger partial charge in [0.2, 0.25) is 0 Å². The first-order chi connectivity index (χ1) is 37.3. The van der Waals surface area contributed by atoms with Gasteiger partial charge < -0.3 is 18.9 Å². The second-order valence-electron chi connectivity index (χ2n) is 23.7. The minimum atomic E-state index is -1.19. The highest BCUT2D eigenvalue weighted by atomic mass is 16.6. The van der Waals surface area contributed by atoms with Gasteiger partial charge in [-0.25, -0.2) is 0 Å². The van der Waals surface area contributed by atoms with Crippen molar-refractivity contribution in [3.05, 3.63) is 0 Å². The molecule has 450 valence electrons. The van der Waals surface area contributed by atoms with Crippen molar-refractivity contribution in [2.45, 2.75) is 381 Å². The van der Waals surface area contributed by atoms with Gasteiger partial charge in [0.15, 0.2) is 0 Å². The third kappa shape index (κ3) is 55.2. The lowest BCUT2D eigenvalue weighted by atomic mass is 9.92. The zero-order valence-corrected chi connectivity index (χ0v) is 51.5. The van der Waals surface area contributed by atoms with Crippen LogP contribution in [0.1, 0.15) is 381 Å². The lowest BCUT2D eigenvalue weighted by molar-refractivity contribution is -0.170. The largest absolute Gasteiger partial charge is 0.465 e. The van der Waals surface area contributed by atoms with E-state index in [1.54, 1.807) is 6.92 Å². The molecule has 0 N–H and O–H groups in total. The molecule has 0 heterocycles. The summed E-state index contributed by atoms with van der Waals surface area (Å²) in [7, 11) is 0. The van der Waals surface area contributed by atoms with Crippen LogP contribution in [0.5, 0.6) is 0 Å². The van der Waals surface area contributed by atoms with Crippen molar-refractivity contribution in [2.24, 2.45) is 5.41 Å². The number of rotatable bonds is 63. The molecule has 0 amide bonds. The maximum Gasteiger partial charge on any atom is 0.305 e. The van der Waals surface area contributed by atoms with Crippen molar-refractivity contribution in [2.75, 3.05) is 26.4 Å². The second-order valence-corrected chi connectivity index (χ2v) is 23.7. The number of carbonyl (C=O) groups is 4. The fourth-order valence-electron chi connectivity index (χ4n) is 10.5. The first-order valence-corrected chi connectivity index (χ1v) is 33.9. The molecule has 0 aromatic heterocycles. The number of unbranched alkanes of at least 4 members (excludes halogenated alkanes) is 48. The van der Waals surface area contributed by atoms with Crippen LogP contribution < -0.4 is 0 Å². The summed E-state index contributed by atoms with van der Waals surface area (Å²) in [6.45, 7) is 7.88. The Bertz CT molecular complexity index is 1100. The van der Waals surface area contributed by atoms with Crippen LogP contribution in [0, 0.1) is 5.41 Å². The van der Waals surface area contributed by atoms with Gasteiger partial charge in [-0.1, -0.05) is 336 Å². The van der Waals surface area contributed by atoms with Gasteiger partial charge in [0.25, 0.3) is 0 Å². The quantitative estimate of drug-likeness (QED) is 0.0337. The molecule has 0 bridgehead atoms. The first-order valence-electron chi connectivity index (χ1n) is 33.9. The van der Waals surface area contributed by atoms with Crippen LogP contribution in [0.25, 0.3) is 0 Å². The van der Waals surface area contributed by atoms with Gasteiger partial charge in [-0.15, -0.1) is 0 Å². The normalized spacial score (nSPS) is 11.6. The predicted molar refractivity (Wildman–Crippen MR) is 323 cm³/mol. The molecule has 8 heteroatoms. The number of hydrogen-bond donors (Lipinski definition) is 0. The van der Waals surface area contributed by atoms with Crippen molar-refractivity contribution in [1.29, 1.82) is 0 Å². The van der Waals surface area contributed by atoms with Gasteiger partial charge in [0, 0.05) is 25.7 Å². The van der Waals surface area contributed by atoms with E-state index >= 15 is 0 Å². The topological polar surface area (TPSA) is 105 Å². The van der Waals surface area contributed by atoms with Crippen molar-refractivity contribution >= 4 is 23.9 Å². The molecule has 0 saturated heterocycles. The summed E-state index contributed by atoms with van der Waals surface area (Å²) in [6, 6.07) is 0. The van der Waals surface area contributed by atoms with Crippen molar-refractivity contribution in [1.82, 2.24) is 0 Å². The van der Waals surface area contributed by atoms with E-state index in [2.05, 4.69) is 20.8 Å². The maximum atomic E-state index is 13.1. The summed E-state index contributed by atoms with van der Waals surface area (Å²) in [5.41, 5.74) is -1.19. The molecule has 0 atom stereocenters. The molecule has 0 fully saturated rings. The van der Waals surface area contributed by atoms with Crippen LogP contribution in [0.3, 0.4) is 0 Å². The summed E-state index contributed by atoms with van der Waals surface area (Å²) >= 11 is 0. The summed E-state index contributed by atoms with van der Waals surface area (Å²) in [6.07, 6.45) is 66.1. The van der Waals surface area contributed by atoms with Crippen LogP contribution in [-0.2, 0) is 38.1 Å². The zero-order valence-electron chi connectivity index (χ0n) is 51.5. The fraction of sp³-hybridized carbons (Fsp3) is 0.941. The maximum absolute atomic E-state index is 13.1. The molecule has 0 aliphatic carbocycles. The standard InChI is InChI=1S/C68H130O8/c1-5-9-12-15-18-21-24-27-30-33-36-39-42-45-48-51-54-57-65(70)74-61-68(60-73-64(69)8-4,62-75-66(71)58-55-52-49-46-43-40-37-34-31-28-25-22-19-16-13-10-6-2)63-76-67(72)59-56-53-50-47-44-41-38-35-32-29-26-23-20-17-14-11-7-3/h5-63H2,1-4H3. The van der Waals surface area contributed by atoms with Crippen LogP contribution in [-0.4, -0.2) is 50.3 Å². The molecule has 0 aliphatic heterocycles. The molecule has 8 nitrogen and oxygen atoms in total. The molecular weight excluding hydrogens is 945 g/mol. The third-order valence-corrected chi connectivity index (χ3v) is 15.9. The first kappa shape index (κ1) is 73.9. The van der Waals surface area contributed by atoms with E-state index in [0.717, 1.165) is 57.8 Å². The molecule has 76 heavy (non-hydrogen) atoms. The Morgan fingerprint density at radius 3 is 0.513 bits per heavy atom. The molecule has 0 radical (unpaired) electrons. The average Bonchev–Trinajstić information content (AvgIpc) is 3.42. The minimum absolute atomic E-state index is 0.166. The van der Waals surface area contributed by atoms with Crippen molar-refractivity contribution < 1.29 is 38.1 Å². The molecule has 0 aromatic rings. The van der Waals surface area contributed by atoms with Crippen molar-refractivity contribution in [3.8, 4) is 0 Å². The molecule has 0 rings (SSSR count). The Morgan fingerprint density at radius 1 is 0.211 bits per heavy atom. The summed E-state index contributed by atoms with van der Waals surface area (Å²) < 4.78 is 23.2. The SMILES string of the molecule is CCCCCCCCCCCCCCCCCCCC(=O)OCC(COC(=O)CC)(COC(=O)CCCCCCCCCCCCCCCCCCC)COC(=O)CCCCCCCCCCCCCCCCCCC. The monoisotopic (exact) mass is 1070 g/mol. The molecule has 0 aromatic carbocycles. The van der Waals surface area contributed by atoms with Gasteiger partial charge >= 0.3 is 23.9 Å². The van der Waals surface area contributed by atoms with Crippen LogP contribution >= 0.6 is 0 Å². The number of hydrogen-bond acceptors (Lipinski definition) is 8. The molecule has 0 aliphatic rings. The Balaban J connectivity index is 4.85. The molecule has 0 spiro atoms. The fourth-order valence-corrected chi connectivity index (χ4v) is 10.5. The van der Waals surface area contributed by atoms with Crippen LogP contribution in [0.4, 0.5) is 0 Å². The molecular formula is C68H130O8. The smallest absolute Gasteiger partial charge is 0.305 e. The van der Waals surface area contributed by atoms with E-state index in [0.29, 0.717) is 19.3 Å². The average molecular weight is 1080 g/mol. The lowest BCUT2D eigenvalue weighted by Gasteiger charge is -2.31. The number of carbonyl (C=O) groups excluding carboxylic acids is 4. The van der Waals surface area contributed by atoms with Gasteiger partial charge in [-0.3, -0.25) is 19.2 Å². The van der Waals surface area contributed by atoms with E-state index < -0.39 is 11.4 Å². The van der Waals surface area contributed by atoms with E-state index in [1.807, 2.05) is 0 Å². The summed E-state index contributed by atoms with van der Waals surface area (Å²) in [5.74, 6) is -1.42. The minimum Gasteiger partial charge on any atom is -0.465 e. The predicted octanol–water partition coefficient (Wildman–Crippen LogP) is 21.7. The van der Waals surface area contributed by atoms with Crippen LogP contribution in [0.15, 0.2) is 0 Å². The van der Waals surface area contributed by atoms with Crippen molar-refractivity contribution in [3.63, 3.8) is 0 Å². The molecule has 0 unspecified atom stereocenters.